The summed E-state index contributed by atoms with van der Waals surface area (Å²) in [5.74, 6) is -0.440. The van der Waals surface area contributed by atoms with E-state index in [2.05, 4.69) is 15.9 Å². The number of rotatable bonds is 4. The Morgan fingerprint density at radius 3 is 2.58 bits per heavy atom. The molecule has 1 aromatic carbocycles. The molecule has 0 saturated carbocycles. The highest BCUT2D eigenvalue weighted by molar-refractivity contribution is 9.10. The molecular formula is C17H15BrN2O4. The molecule has 0 N–H and O–H groups in total. The molecule has 0 radical (unpaired) electrons. The maximum atomic E-state index is 12.7. The van der Waals surface area contributed by atoms with Crippen molar-refractivity contribution in [3.8, 4) is 0 Å². The molecule has 6 nitrogen and oxygen atoms in total. The van der Waals surface area contributed by atoms with Crippen LogP contribution in [-0.4, -0.2) is 28.7 Å². The number of carbonyl (C=O) groups is 3. The van der Waals surface area contributed by atoms with Crippen LogP contribution in [0.3, 0.4) is 0 Å². The number of nitrogens with zero attached hydrogens (tertiary/aromatic N) is 2. The van der Waals surface area contributed by atoms with E-state index in [0.29, 0.717) is 11.4 Å². The first kappa shape index (κ1) is 16.4. The number of hydrogen-bond donors (Lipinski definition) is 0. The van der Waals surface area contributed by atoms with Gasteiger partial charge in [-0.15, -0.1) is 0 Å². The van der Waals surface area contributed by atoms with Gasteiger partial charge in [-0.2, -0.15) is 0 Å². The lowest BCUT2D eigenvalue weighted by atomic mass is 10.2. The zero-order valence-corrected chi connectivity index (χ0v) is 14.5. The van der Waals surface area contributed by atoms with Crippen molar-refractivity contribution in [2.45, 2.75) is 25.9 Å². The summed E-state index contributed by atoms with van der Waals surface area (Å²) in [5, 5.41) is 0. The predicted molar refractivity (Wildman–Crippen MR) is 90.0 cm³/mol. The standard InChI is InChI=1S/C17H15BrN2O4/c1-11(21)19(10-14-3-2-8-24-14)15-9-16(22)20(17(15)23)13-6-4-12(18)5-7-13/h2-8,15H,9-10H2,1H3/t15-/m0/s1. The highest BCUT2D eigenvalue weighted by Crippen LogP contribution is 2.27. The zero-order valence-electron chi connectivity index (χ0n) is 12.9. The van der Waals surface area contributed by atoms with Gasteiger partial charge in [0.05, 0.1) is 24.9 Å². The fourth-order valence-corrected chi connectivity index (χ4v) is 3.00. The van der Waals surface area contributed by atoms with Gasteiger partial charge >= 0.3 is 0 Å². The summed E-state index contributed by atoms with van der Waals surface area (Å²) in [7, 11) is 0. The fourth-order valence-electron chi connectivity index (χ4n) is 2.73. The monoisotopic (exact) mass is 390 g/mol. The highest BCUT2D eigenvalue weighted by Gasteiger charge is 2.43. The third-order valence-electron chi connectivity index (χ3n) is 3.89. The summed E-state index contributed by atoms with van der Waals surface area (Å²) < 4.78 is 6.10. The zero-order chi connectivity index (χ0) is 17.3. The van der Waals surface area contributed by atoms with Crippen molar-refractivity contribution in [3.63, 3.8) is 0 Å². The van der Waals surface area contributed by atoms with Gasteiger partial charge in [-0.3, -0.25) is 14.4 Å². The number of furan rings is 1. The van der Waals surface area contributed by atoms with Gasteiger partial charge in [-0.25, -0.2) is 4.90 Å². The summed E-state index contributed by atoms with van der Waals surface area (Å²) in [6.07, 6.45) is 1.47. The second kappa shape index (κ2) is 6.60. The third kappa shape index (κ3) is 3.12. The molecule has 3 amide bonds. The lowest BCUT2D eigenvalue weighted by molar-refractivity contribution is -0.137. The van der Waals surface area contributed by atoms with Crippen LogP contribution in [0.15, 0.2) is 51.6 Å². The van der Waals surface area contributed by atoms with Crippen LogP contribution in [0.5, 0.6) is 0 Å². The molecule has 24 heavy (non-hydrogen) atoms. The van der Waals surface area contributed by atoms with Crippen molar-refractivity contribution in [2.75, 3.05) is 4.90 Å². The Balaban J connectivity index is 1.86. The van der Waals surface area contributed by atoms with Crippen molar-refractivity contribution in [2.24, 2.45) is 0 Å². The van der Waals surface area contributed by atoms with Crippen LogP contribution in [0.4, 0.5) is 5.69 Å². The van der Waals surface area contributed by atoms with Gasteiger partial charge in [0, 0.05) is 11.4 Å². The van der Waals surface area contributed by atoms with Crippen LogP contribution in [0, 0.1) is 0 Å². The maximum absolute atomic E-state index is 12.7. The Bertz CT molecular complexity index is 770. The van der Waals surface area contributed by atoms with Crippen molar-refractivity contribution in [1.29, 1.82) is 0 Å². The molecule has 1 aromatic heterocycles. The van der Waals surface area contributed by atoms with Gasteiger partial charge in [0.25, 0.3) is 5.91 Å². The lowest BCUT2D eigenvalue weighted by Gasteiger charge is -2.25. The van der Waals surface area contributed by atoms with Crippen LogP contribution in [0.1, 0.15) is 19.1 Å². The molecule has 0 bridgehead atoms. The van der Waals surface area contributed by atoms with E-state index in [0.717, 1.165) is 9.37 Å². The number of benzene rings is 1. The molecule has 0 aliphatic carbocycles. The molecule has 2 heterocycles. The molecule has 1 fully saturated rings. The quantitative estimate of drug-likeness (QED) is 0.752. The molecule has 3 rings (SSSR count). The van der Waals surface area contributed by atoms with Crippen molar-refractivity contribution < 1.29 is 18.8 Å². The molecule has 1 saturated heterocycles. The van der Waals surface area contributed by atoms with Gasteiger partial charge < -0.3 is 9.32 Å². The van der Waals surface area contributed by atoms with E-state index in [-0.39, 0.29) is 24.8 Å². The van der Waals surface area contributed by atoms with Gasteiger partial charge in [-0.1, -0.05) is 15.9 Å². The molecule has 0 spiro atoms. The summed E-state index contributed by atoms with van der Waals surface area (Å²) in [6.45, 7) is 1.53. The largest absolute Gasteiger partial charge is 0.467 e. The summed E-state index contributed by atoms with van der Waals surface area (Å²) in [4.78, 5) is 39.6. The normalized spacial score (nSPS) is 17.4. The lowest BCUT2D eigenvalue weighted by Crippen LogP contribution is -2.44. The first-order valence-corrected chi connectivity index (χ1v) is 8.18. The van der Waals surface area contributed by atoms with Gasteiger partial charge in [0.2, 0.25) is 11.8 Å². The Morgan fingerprint density at radius 2 is 2.00 bits per heavy atom. The number of hydrogen-bond acceptors (Lipinski definition) is 4. The van der Waals surface area contributed by atoms with Crippen LogP contribution < -0.4 is 4.90 Å². The Kier molecular flexibility index (Phi) is 4.53. The third-order valence-corrected chi connectivity index (χ3v) is 4.42. The van der Waals surface area contributed by atoms with E-state index in [1.165, 1.54) is 18.1 Å². The molecule has 1 atom stereocenters. The van der Waals surface area contributed by atoms with E-state index >= 15 is 0 Å². The Labute approximate surface area is 147 Å². The first-order valence-electron chi connectivity index (χ1n) is 7.39. The molecule has 1 aliphatic heterocycles. The Hall–Kier alpha value is -2.41. The summed E-state index contributed by atoms with van der Waals surface area (Å²) in [6, 6.07) is 9.51. The van der Waals surface area contributed by atoms with Crippen LogP contribution in [-0.2, 0) is 20.9 Å². The second-order valence-electron chi connectivity index (χ2n) is 5.49. The molecule has 124 valence electrons. The average molecular weight is 391 g/mol. The number of halogens is 1. The fraction of sp³-hybridized carbons (Fsp3) is 0.235. The SMILES string of the molecule is CC(=O)N(Cc1ccco1)[C@H]1CC(=O)N(c2ccc(Br)cc2)C1=O. The number of anilines is 1. The molecule has 1 aliphatic rings. The number of imide groups is 1. The van der Waals surface area contributed by atoms with Crippen LogP contribution >= 0.6 is 15.9 Å². The van der Waals surface area contributed by atoms with Crippen LogP contribution in [0.2, 0.25) is 0 Å². The van der Waals surface area contributed by atoms with E-state index in [1.807, 2.05) is 0 Å². The van der Waals surface area contributed by atoms with Crippen molar-refractivity contribution >= 4 is 39.3 Å². The maximum Gasteiger partial charge on any atom is 0.257 e. The average Bonchev–Trinajstić information content (AvgIpc) is 3.14. The Morgan fingerprint density at radius 1 is 1.29 bits per heavy atom. The molecule has 7 heteroatoms. The molecular weight excluding hydrogens is 376 g/mol. The highest BCUT2D eigenvalue weighted by atomic mass is 79.9. The topological polar surface area (TPSA) is 70.8 Å². The second-order valence-corrected chi connectivity index (χ2v) is 6.41. The molecule has 2 aromatic rings. The minimum atomic E-state index is -0.816. The van der Waals surface area contributed by atoms with Crippen molar-refractivity contribution in [3.05, 3.63) is 52.9 Å². The number of amides is 3. The van der Waals surface area contributed by atoms with Crippen molar-refractivity contribution in [1.82, 2.24) is 4.90 Å². The number of carbonyl (C=O) groups excluding carboxylic acids is 3. The van der Waals surface area contributed by atoms with Gasteiger partial charge in [-0.05, 0) is 36.4 Å². The van der Waals surface area contributed by atoms with Gasteiger partial charge in [0.15, 0.2) is 0 Å². The smallest absolute Gasteiger partial charge is 0.257 e. The van der Waals surface area contributed by atoms with E-state index < -0.39 is 11.9 Å². The predicted octanol–water partition coefficient (Wildman–Crippen LogP) is 2.72. The van der Waals surface area contributed by atoms with Crippen LogP contribution in [0.25, 0.3) is 0 Å². The summed E-state index contributed by atoms with van der Waals surface area (Å²) >= 11 is 3.32. The molecule has 0 unspecified atom stereocenters. The van der Waals surface area contributed by atoms with E-state index in [4.69, 9.17) is 4.42 Å². The van der Waals surface area contributed by atoms with E-state index in [9.17, 15) is 14.4 Å². The summed E-state index contributed by atoms with van der Waals surface area (Å²) in [5.41, 5.74) is 0.497. The first-order chi connectivity index (χ1) is 11.5. The minimum absolute atomic E-state index is 0.0326. The minimum Gasteiger partial charge on any atom is -0.467 e. The van der Waals surface area contributed by atoms with E-state index in [1.54, 1.807) is 36.4 Å². The van der Waals surface area contributed by atoms with Gasteiger partial charge in [0.1, 0.15) is 11.8 Å².